The Kier molecular flexibility index (Phi) is 6.45. The summed E-state index contributed by atoms with van der Waals surface area (Å²) in [4.78, 5) is 45.2. The molecule has 0 spiro atoms. The second kappa shape index (κ2) is 9.61. The van der Waals surface area contributed by atoms with Gasteiger partial charge in [-0.1, -0.05) is 36.0 Å². The molecule has 10 heteroatoms. The fraction of sp³-hybridized carbons (Fsp3) is 0.130. The third-order valence-corrected chi connectivity index (χ3v) is 5.82. The Morgan fingerprint density at radius 1 is 1.18 bits per heavy atom. The number of rotatable bonds is 7. The number of para-hydroxylation sites is 1. The van der Waals surface area contributed by atoms with Crippen molar-refractivity contribution in [3.8, 4) is 0 Å². The molecule has 0 aliphatic heterocycles. The van der Waals surface area contributed by atoms with Gasteiger partial charge in [0, 0.05) is 18.5 Å². The molecule has 4 aromatic rings. The topological polar surface area (TPSA) is 120 Å². The molecule has 0 aliphatic carbocycles. The van der Waals surface area contributed by atoms with Gasteiger partial charge in [0.05, 0.1) is 28.1 Å². The number of nitrogens with one attached hydrogen (secondary N) is 1. The second-order valence-electron chi connectivity index (χ2n) is 7.28. The van der Waals surface area contributed by atoms with E-state index in [0.717, 1.165) is 17.3 Å². The van der Waals surface area contributed by atoms with Crippen molar-refractivity contribution in [2.45, 2.75) is 18.6 Å². The lowest BCUT2D eigenvalue weighted by atomic mass is 10.2. The maximum Gasteiger partial charge on any atom is 0.293 e. The first-order chi connectivity index (χ1) is 15.9. The zero-order valence-electron chi connectivity index (χ0n) is 17.6. The van der Waals surface area contributed by atoms with Crippen LogP contribution in [0.15, 0.2) is 76.9 Å². The average molecular weight is 462 g/mol. The molecule has 166 valence electrons. The van der Waals surface area contributed by atoms with E-state index in [0.29, 0.717) is 21.6 Å². The minimum atomic E-state index is -0.536. The van der Waals surface area contributed by atoms with Crippen molar-refractivity contribution in [3.63, 3.8) is 0 Å². The zero-order valence-corrected chi connectivity index (χ0v) is 18.4. The van der Waals surface area contributed by atoms with Crippen molar-refractivity contribution in [3.05, 3.63) is 98.6 Å². The first-order valence-corrected chi connectivity index (χ1v) is 11.0. The number of nitrogens with zero attached hydrogens (tertiary/aromatic N) is 4. The number of benzene rings is 2. The van der Waals surface area contributed by atoms with Crippen LogP contribution in [0.25, 0.3) is 10.9 Å². The standard InChI is InChI=1S/C23H19N5O4S/c1-15-8-9-19(20(11-15)28(31)32)25-21(29)14-33-23-26-18-7-3-2-6-17(18)22(30)27(23)13-16-5-4-10-24-12-16/h2-12H,13-14H2,1H3,(H,25,29). The van der Waals surface area contributed by atoms with Crippen molar-refractivity contribution >= 4 is 39.9 Å². The van der Waals surface area contributed by atoms with E-state index in [-0.39, 0.29) is 29.2 Å². The van der Waals surface area contributed by atoms with Crippen molar-refractivity contribution in [2.75, 3.05) is 11.1 Å². The van der Waals surface area contributed by atoms with Crippen molar-refractivity contribution in [2.24, 2.45) is 0 Å². The third kappa shape index (κ3) is 5.07. The summed E-state index contributed by atoms with van der Waals surface area (Å²) in [7, 11) is 0. The number of amides is 1. The van der Waals surface area contributed by atoms with Gasteiger partial charge in [-0.05, 0) is 42.3 Å². The van der Waals surface area contributed by atoms with Crippen LogP contribution in [0.5, 0.6) is 0 Å². The number of thioether (sulfide) groups is 1. The second-order valence-corrected chi connectivity index (χ2v) is 8.22. The molecule has 2 aromatic heterocycles. The summed E-state index contributed by atoms with van der Waals surface area (Å²) in [5.74, 6) is -0.523. The summed E-state index contributed by atoms with van der Waals surface area (Å²) in [5, 5.41) is 14.7. The molecule has 1 N–H and O–H groups in total. The average Bonchev–Trinajstić information content (AvgIpc) is 2.81. The number of fused-ring (bicyclic) bond motifs is 1. The molecule has 0 bridgehead atoms. The highest BCUT2D eigenvalue weighted by Gasteiger charge is 2.18. The van der Waals surface area contributed by atoms with E-state index < -0.39 is 10.8 Å². The van der Waals surface area contributed by atoms with Crippen LogP contribution >= 0.6 is 11.8 Å². The molecule has 0 saturated heterocycles. The molecule has 1 amide bonds. The summed E-state index contributed by atoms with van der Waals surface area (Å²) in [6, 6.07) is 15.2. The maximum absolute atomic E-state index is 13.2. The normalized spacial score (nSPS) is 10.8. The summed E-state index contributed by atoms with van der Waals surface area (Å²) >= 11 is 1.09. The third-order valence-electron chi connectivity index (χ3n) is 4.85. The largest absolute Gasteiger partial charge is 0.320 e. The van der Waals surface area contributed by atoms with E-state index in [1.807, 2.05) is 6.07 Å². The van der Waals surface area contributed by atoms with E-state index in [9.17, 15) is 19.7 Å². The number of anilines is 1. The summed E-state index contributed by atoms with van der Waals surface area (Å²) in [6.45, 7) is 1.99. The number of carbonyl (C=O) groups is 1. The van der Waals surface area contributed by atoms with Gasteiger partial charge in [0.2, 0.25) is 5.91 Å². The van der Waals surface area contributed by atoms with Crippen LogP contribution in [-0.2, 0) is 11.3 Å². The van der Waals surface area contributed by atoms with Gasteiger partial charge in [-0.25, -0.2) is 4.98 Å². The highest BCUT2D eigenvalue weighted by atomic mass is 32.2. The minimum absolute atomic E-state index is 0.0805. The molecule has 4 rings (SSSR count). The number of carbonyl (C=O) groups excluding carboxylic acids is 1. The van der Waals surface area contributed by atoms with Crippen LogP contribution in [-0.4, -0.2) is 31.1 Å². The number of pyridine rings is 1. The van der Waals surface area contributed by atoms with Crippen LogP contribution in [0.4, 0.5) is 11.4 Å². The minimum Gasteiger partial charge on any atom is -0.320 e. The number of aromatic nitrogens is 3. The van der Waals surface area contributed by atoms with E-state index in [1.165, 1.54) is 16.7 Å². The van der Waals surface area contributed by atoms with Crippen molar-refractivity contribution in [1.82, 2.24) is 14.5 Å². The van der Waals surface area contributed by atoms with Crippen LogP contribution in [0.1, 0.15) is 11.1 Å². The predicted molar refractivity (Wildman–Crippen MR) is 127 cm³/mol. The Morgan fingerprint density at radius 3 is 2.76 bits per heavy atom. The van der Waals surface area contributed by atoms with Crippen LogP contribution < -0.4 is 10.9 Å². The van der Waals surface area contributed by atoms with Crippen molar-refractivity contribution < 1.29 is 9.72 Å². The number of nitro groups is 1. The lowest BCUT2D eigenvalue weighted by molar-refractivity contribution is -0.384. The lowest BCUT2D eigenvalue weighted by Crippen LogP contribution is -2.25. The number of nitro benzene ring substituents is 1. The zero-order chi connectivity index (χ0) is 23.4. The van der Waals surface area contributed by atoms with Crippen LogP contribution in [0.2, 0.25) is 0 Å². The van der Waals surface area contributed by atoms with E-state index in [4.69, 9.17) is 0 Å². The molecular formula is C23H19N5O4S. The van der Waals surface area contributed by atoms with E-state index in [1.54, 1.807) is 55.7 Å². The van der Waals surface area contributed by atoms with Gasteiger partial charge in [0.15, 0.2) is 5.16 Å². The number of hydrogen-bond acceptors (Lipinski definition) is 7. The Labute approximate surface area is 192 Å². The van der Waals surface area contributed by atoms with Gasteiger partial charge >= 0.3 is 0 Å². The van der Waals surface area contributed by atoms with Crippen molar-refractivity contribution in [1.29, 1.82) is 0 Å². The Hall–Kier alpha value is -4.05. The van der Waals surface area contributed by atoms with Gasteiger partial charge < -0.3 is 5.32 Å². The fourth-order valence-electron chi connectivity index (χ4n) is 3.29. The maximum atomic E-state index is 13.2. The fourth-order valence-corrected chi connectivity index (χ4v) is 4.08. The first kappa shape index (κ1) is 22.2. The molecule has 0 saturated carbocycles. The van der Waals surface area contributed by atoms with Gasteiger partial charge in [-0.3, -0.25) is 29.3 Å². The monoisotopic (exact) mass is 461 g/mol. The summed E-state index contributed by atoms with van der Waals surface area (Å²) in [5.41, 5.74) is 1.79. The smallest absolute Gasteiger partial charge is 0.293 e. The quantitative estimate of drug-likeness (QED) is 0.192. The van der Waals surface area contributed by atoms with Crippen LogP contribution in [0, 0.1) is 17.0 Å². The first-order valence-electron chi connectivity index (χ1n) is 9.98. The Balaban J connectivity index is 1.60. The van der Waals surface area contributed by atoms with Gasteiger partial charge in [0.1, 0.15) is 5.69 Å². The molecule has 33 heavy (non-hydrogen) atoms. The van der Waals surface area contributed by atoms with Crippen LogP contribution in [0.3, 0.4) is 0 Å². The molecule has 0 radical (unpaired) electrons. The molecule has 0 aliphatic rings. The lowest BCUT2D eigenvalue weighted by Gasteiger charge is -2.13. The van der Waals surface area contributed by atoms with E-state index in [2.05, 4.69) is 15.3 Å². The molecule has 9 nitrogen and oxygen atoms in total. The number of aryl methyl sites for hydroxylation is 1. The summed E-state index contributed by atoms with van der Waals surface area (Å²) < 4.78 is 1.51. The SMILES string of the molecule is Cc1ccc(NC(=O)CSc2nc3ccccc3c(=O)n2Cc2cccnc2)c([N+](=O)[O-])c1. The Morgan fingerprint density at radius 2 is 2.00 bits per heavy atom. The van der Waals surface area contributed by atoms with E-state index >= 15 is 0 Å². The summed E-state index contributed by atoms with van der Waals surface area (Å²) in [6.07, 6.45) is 3.31. The van der Waals surface area contributed by atoms with Gasteiger partial charge in [-0.15, -0.1) is 0 Å². The molecule has 2 aromatic carbocycles. The Bertz CT molecular complexity index is 1410. The molecule has 0 atom stereocenters. The number of hydrogen-bond donors (Lipinski definition) is 1. The van der Waals surface area contributed by atoms with Gasteiger partial charge in [-0.2, -0.15) is 0 Å². The molecule has 2 heterocycles. The predicted octanol–water partition coefficient (Wildman–Crippen LogP) is 3.79. The highest BCUT2D eigenvalue weighted by molar-refractivity contribution is 7.99. The molecule has 0 fully saturated rings. The highest BCUT2D eigenvalue weighted by Crippen LogP contribution is 2.26. The molecule has 0 unspecified atom stereocenters. The van der Waals surface area contributed by atoms with Gasteiger partial charge in [0.25, 0.3) is 11.2 Å². The molecular weight excluding hydrogens is 442 g/mol.